The van der Waals surface area contributed by atoms with Crippen LogP contribution in [0.1, 0.15) is 142 Å². The van der Waals surface area contributed by atoms with Crippen molar-refractivity contribution >= 4 is 19.8 Å². The van der Waals surface area contributed by atoms with E-state index >= 15 is 0 Å². The van der Waals surface area contributed by atoms with E-state index in [2.05, 4.69) is 30.5 Å². The summed E-state index contributed by atoms with van der Waals surface area (Å²) in [7, 11) is -4.60. The maximum absolute atomic E-state index is 12.5. The highest BCUT2D eigenvalue weighted by Crippen LogP contribution is 2.43. The van der Waals surface area contributed by atoms with Crippen molar-refractivity contribution in [3.63, 3.8) is 0 Å². The number of carbonyl (C=O) groups excluding carboxylic acids is 1. The third kappa shape index (κ3) is 29.2. The van der Waals surface area contributed by atoms with Crippen LogP contribution in [0.15, 0.2) is 12.2 Å². The van der Waals surface area contributed by atoms with E-state index in [0.29, 0.717) is 13.0 Å². The van der Waals surface area contributed by atoms with E-state index in [4.69, 9.17) is 24.8 Å². The van der Waals surface area contributed by atoms with Gasteiger partial charge in [-0.2, -0.15) is 0 Å². The minimum absolute atomic E-state index is 0.0164. The summed E-state index contributed by atoms with van der Waals surface area (Å²) in [5.41, 5.74) is 5.31. The van der Waals surface area contributed by atoms with Crippen LogP contribution in [-0.2, 0) is 32.7 Å². The van der Waals surface area contributed by atoms with E-state index in [1.807, 2.05) is 0 Å². The summed E-state index contributed by atoms with van der Waals surface area (Å²) in [5.74, 6) is -1.78. The molecule has 0 aliphatic heterocycles. The summed E-state index contributed by atoms with van der Waals surface area (Å²) in [6.45, 7) is 3.77. The highest BCUT2D eigenvalue weighted by molar-refractivity contribution is 7.47. The molecular weight excluding hydrogens is 573 g/mol. The fourth-order valence-electron chi connectivity index (χ4n) is 4.37. The minimum Gasteiger partial charge on any atom is -0.480 e. The number of hydrogen-bond acceptors (Lipinski definition) is 8. The predicted molar refractivity (Wildman–Crippen MR) is 171 cm³/mol. The Kier molecular flexibility index (Phi) is 28.5. The number of carbonyl (C=O) groups is 2. The van der Waals surface area contributed by atoms with Gasteiger partial charge in [0.15, 0.2) is 0 Å². The van der Waals surface area contributed by atoms with Crippen LogP contribution in [0.25, 0.3) is 0 Å². The van der Waals surface area contributed by atoms with Crippen molar-refractivity contribution in [1.82, 2.24) is 0 Å². The van der Waals surface area contributed by atoms with Gasteiger partial charge >= 0.3 is 19.8 Å². The number of phosphoric ester groups is 1. The number of hydrogen-bond donors (Lipinski definition) is 3. The number of allylic oxidation sites excluding steroid dienone is 2. The highest BCUT2D eigenvalue weighted by atomic mass is 31.2. The monoisotopic (exact) mass is 635 g/mol. The highest BCUT2D eigenvalue weighted by Gasteiger charge is 2.27. The lowest BCUT2D eigenvalue weighted by atomic mass is 10.1. The van der Waals surface area contributed by atoms with Crippen LogP contribution in [0.2, 0.25) is 0 Å². The number of carboxylic acids is 1. The van der Waals surface area contributed by atoms with Gasteiger partial charge in [0.2, 0.25) is 0 Å². The molecule has 0 heterocycles. The normalized spacial score (nSPS) is 14.5. The van der Waals surface area contributed by atoms with Gasteiger partial charge in [0, 0.05) is 13.0 Å². The molecule has 3 unspecified atom stereocenters. The van der Waals surface area contributed by atoms with E-state index in [-0.39, 0.29) is 13.0 Å². The molecule has 0 aromatic carbocycles. The second-order valence-corrected chi connectivity index (χ2v) is 12.7. The van der Waals surface area contributed by atoms with Gasteiger partial charge in [-0.05, 0) is 32.1 Å². The Balaban J connectivity index is 4.37. The van der Waals surface area contributed by atoms with Gasteiger partial charge in [0.25, 0.3) is 0 Å². The standard InChI is InChI=1S/C32H62NO9P/c1-3-5-7-9-11-13-15-17-19-21-23-25-39-26-29(27-40-43(37,38)41-28-30(33)32(35)36)42-31(34)24-22-20-18-16-14-12-10-8-6-4-2/h7,9,29-30H,3-6,8,10-28,33H2,1-2H3,(H,35,36)(H,37,38)/b9-7-. The number of carboxylic acid groups (broad SMARTS) is 1. The molecule has 43 heavy (non-hydrogen) atoms. The van der Waals surface area contributed by atoms with Crippen molar-refractivity contribution in [2.45, 2.75) is 154 Å². The number of aliphatic carboxylic acids is 1. The molecule has 0 amide bonds. The van der Waals surface area contributed by atoms with Crippen molar-refractivity contribution in [2.75, 3.05) is 26.4 Å². The first kappa shape index (κ1) is 41.7. The molecule has 0 aliphatic rings. The third-order valence-corrected chi connectivity index (χ3v) is 7.98. The van der Waals surface area contributed by atoms with E-state index in [0.717, 1.165) is 44.9 Å². The molecule has 0 radical (unpaired) electrons. The lowest BCUT2D eigenvalue weighted by molar-refractivity contribution is -0.154. The van der Waals surface area contributed by atoms with Crippen molar-refractivity contribution in [1.29, 1.82) is 0 Å². The zero-order valence-corrected chi connectivity index (χ0v) is 28.0. The van der Waals surface area contributed by atoms with Crippen LogP contribution in [0.5, 0.6) is 0 Å². The number of ether oxygens (including phenoxy) is 2. The van der Waals surface area contributed by atoms with Gasteiger partial charge < -0.3 is 25.2 Å². The molecule has 11 heteroatoms. The van der Waals surface area contributed by atoms with Crippen molar-refractivity contribution < 1.29 is 42.7 Å². The lowest BCUT2D eigenvalue weighted by Gasteiger charge is -2.20. The Morgan fingerprint density at radius 2 is 1.26 bits per heavy atom. The fourth-order valence-corrected chi connectivity index (χ4v) is 5.15. The molecule has 0 saturated carbocycles. The molecule has 0 aliphatic carbocycles. The number of unbranched alkanes of at least 4 members (excludes halogenated alkanes) is 16. The predicted octanol–water partition coefficient (Wildman–Crippen LogP) is 7.86. The number of esters is 1. The maximum atomic E-state index is 12.5. The Morgan fingerprint density at radius 1 is 0.721 bits per heavy atom. The van der Waals surface area contributed by atoms with Crippen molar-refractivity contribution in [3.8, 4) is 0 Å². The summed E-state index contributed by atoms with van der Waals surface area (Å²) in [6, 6.07) is -1.47. The zero-order chi connectivity index (χ0) is 32.0. The van der Waals surface area contributed by atoms with Gasteiger partial charge in [0.1, 0.15) is 12.1 Å². The average Bonchev–Trinajstić information content (AvgIpc) is 2.97. The molecular formula is C32H62NO9P. The van der Waals surface area contributed by atoms with Crippen LogP contribution in [0, 0.1) is 0 Å². The van der Waals surface area contributed by atoms with Gasteiger partial charge in [-0.25, -0.2) is 4.57 Å². The van der Waals surface area contributed by atoms with Crippen molar-refractivity contribution in [2.24, 2.45) is 5.73 Å². The van der Waals surface area contributed by atoms with Crippen LogP contribution in [0.4, 0.5) is 0 Å². The maximum Gasteiger partial charge on any atom is 0.472 e. The zero-order valence-electron chi connectivity index (χ0n) is 27.1. The lowest BCUT2D eigenvalue weighted by Crippen LogP contribution is -2.34. The van der Waals surface area contributed by atoms with Crippen LogP contribution in [0.3, 0.4) is 0 Å². The second-order valence-electron chi connectivity index (χ2n) is 11.3. The second kappa shape index (κ2) is 29.4. The summed E-state index contributed by atoms with van der Waals surface area (Å²) in [5, 5.41) is 8.82. The minimum atomic E-state index is -4.60. The number of phosphoric acid groups is 1. The number of rotatable bonds is 32. The molecule has 0 bridgehead atoms. The molecule has 0 fully saturated rings. The van der Waals surface area contributed by atoms with Crippen LogP contribution < -0.4 is 5.73 Å². The largest absolute Gasteiger partial charge is 0.480 e. The Bertz CT molecular complexity index is 750. The van der Waals surface area contributed by atoms with E-state index in [9.17, 15) is 19.0 Å². The molecule has 0 spiro atoms. The Hall–Kier alpha value is -1.29. The first-order chi connectivity index (χ1) is 20.7. The topological polar surface area (TPSA) is 155 Å². The molecule has 0 aromatic heterocycles. The van der Waals surface area contributed by atoms with Crippen LogP contribution in [-0.4, -0.2) is 60.5 Å². The van der Waals surface area contributed by atoms with Gasteiger partial charge in [-0.1, -0.05) is 116 Å². The summed E-state index contributed by atoms with van der Waals surface area (Å²) in [4.78, 5) is 33.2. The van der Waals surface area contributed by atoms with Gasteiger partial charge in [-0.3, -0.25) is 18.6 Å². The molecule has 0 saturated heterocycles. The summed E-state index contributed by atoms with van der Waals surface area (Å²) >= 11 is 0. The quantitative estimate of drug-likeness (QED) is 0.0288. The summed E-state index contributed by atoms with van der Waals surface area (Å²) in [6.07, 6.45) is 25.6. The molecule has 10 nitrogen and oxygen atoms in total. The summed E-state index contributed by atoms with van der Waals surface area (Å²) < 4.78 is 33.0. The van der Waals surface area contributed by atoms with Crippen LogP contribution >= 0.6 is 7.82 Å². The van der Waals surface area contributed by atoms with E-state index < -0.39 is 45.1 Å². The Labute approximate surface area is 261 Å². The molecule has 0 rings (SSSR count). The molecule has 0 aromatic rings. The average molecular weight is 636 g/mol. The molecule has 254 valence electrons. The Morgan fingerprint density at radius 3 is 1.86 bits per heavy atom. The smallest absolute Gasteiger partial charge is 0.472 e. The van der Waals surface area contributed by atoms with Gasteiger partial charge in [-0.15, -0.1) is 0 Å². The van der Waals surface area contributed by atoms with E-state index in [1.54, 1.807) is 0 Å². The SMILES string of the molecule is CCC/C=C\CCCCCCCCOCC(COP(=O)(O)OCC(N)C(=O)O)OC(=O)CCCCCCCCCCCC. The first-order valence-corrected chi connectivity index (χ1v) is 18.2. The van der Waals surface area contributed by atoms with Crippen molar-refractivity contribution in [3.05, 3.63) is 12.2 Å². The van der Waals surface area contributed by atoms with Gasteiger partial charge in [0.05, 0.1) is 19.8 Å². The first-order valence-electron chi connectivity index (χ1n) is 16.7. The number of nitrogens with two attached hydrogens (primary N) is 1. The third-order valence-electron chi connectivity index (χ3n) is 7.03. The van der Waals surface area contributed by atoms with E-state index in [1.165, 1.54) is 70.6 Å². The molecule has 4 N–H and O–H groups in total. The fraction of sp³-hybridized carbons (Fsp3) is 0.875. The molecule has 3 atom stereocenters.